The van der Waals surface area contributed by atoms with Crippen LogP contribution in [0.1, 0.15) is 29.5 Å². The molecule has 1 unspecified atom stereocenters. The number of aliphatic imine (C=N–C) groups is 1. The Bertz CT molecular complexity index is 956. The lowest BCUT2D eigenvalue weighted by Gasteiger charge is -2.31. The molecule has 1 aliphatic rings. The predicted molar refractivity (Wildman–Crippen MR) is 137 cm³/mol. The number of nitrogens with one attached hydrogen (secondary N) is 2. The minimum atomic E-state index is -0.446. The van der Waals surface area contributed by atoms with Gasteiger partial charge in [-0.1, -0.05) is 24.3 Å². The van der Waals surface area contributed by atoms with E-state index in [1.54, 1.807) is 7.05 Å². The third kappa shape index (κ3) is 8.54. The summed E-state index contributed by atoms with van der Waals surface area (Å²) in [5, 5.41) is 6.38. The Morgan fingerprint density at radius 2 is 1.97 bits per heavy atom. The molecule has 1 amide bonds. The fraction of sp³-hybridized carbons (Fsp3) is 0.417. The van der Waals surface area contributed by atoms with Crippen molar-refractivity contribution in [3.63, 3.8) is 0 Å². The second kappa shape index (κ2) is 13.4. The molecule has 4 N–H and O–H groups in total. The van der Waals surface area contributed by atoms with Gasteiger partial charge in [0.1, 0.15) is 11.6 Å². The van der Waals surface area contributed by atoms with E-state index in [0.29, 0.717) is 37.6 Å². The van der Waals surface area contributed by atoms with Crippen molar-refractivity contribution in [2.45, 2.75) is 32.4 Å². The summed E-state index contributed by atoms with van der Waals surface area (Å²) in [4.78, 5) is 18.0. The Kier molecular flexibility index (Phi) is 11.0. The molecule has 2 aromatic rings. The molecule has 1 heterocycles. The molecule has 0 spiro atoms. The summed E-state index contributed by atoms with van der Waals surface area (Å²) < 4.78 is 27.0. The standard InChI is InChI=1S/C24H31F2N5O.HI/c1-28-24(29-10-9-19-13-21(25)7-8-22(19)26)30-14-17-4-2-5-18(12-17)15-31-11-3-6-20(16-31)23(27)32;/h2,4-5,7-8,12-13,20H,3,6,9-11,14-16H2,1H3,(H2,27,32)(H2,28,29,30);1H. The number of rotatable bonds is 8. The van der Waals surface area contributed by atoms with Crippen LogP contribution >= 0.6 is 24.0 Å². The number of carbonyl (C=O) groups is 1. The van der Waals surface area contributed by atoms with Gasteiger partial charge in [-0.3, -0.25) is 14.7 Å². The summed E-state index contributed by atoms with van der Waals surface area (Å²) in [5.41, 5.74) is 8.10. The van der Waals surface area contributed by atoms with Crippen LogP contribution in [0.2, 0.25) is 0 Å². The van der Waals surface area contributed by atoms with Crippen LogP contribution in [0.15, 0.2) is 47.5 Å². The average Bonchev–Trinajstić information content (AvgIpc) is 2.78. The van der Waals surface area contributed by atoms with Gasteiger partial charge in [0.05, 0.1) is 5.92 Å². The summed E-state index contributed by atoms with van der Waals surface area (Å²) in [6.07, 6.45) is 2.20. The summed E-state index contributed by atoms with van der Waals surface area (Å²) in [5.74, 6) is -0.551. The van der Waals surface area contributed by atoms with Gasteiger partial charge in [0, 0.05) is 33.2 Å². The normalized spacial score (nSPS) is 16.7. The highest BCUT2D eigenvalue weighted by Crippen LogP contribution is 2.18. The molecule has 0 bridgehead atoms. The number of amides is 1. The van der Waals surface area contributed by atoms with E-state index < -0.39 is 11.6 Å². The third-order valence-corrected chi connectivity index (χ3v) is 5.68. The average molecular weight is 571 g/mol. The van der Waals surface area contributed by atoms with E-state index in [-0.39, 0.29) is 35.8 Å². The largest absolute Gasteiger partial charge is 0.369 e. The van der Waals surface area contributed by atoms with Crippen LogP contribution < -0.4 is 16.4 Å². The highest BCUT2D eigenvalue weighted by Gasteiger charge is 2.23. The molecular weight excluding hydrogens is 539 g/mol. The molecule has 3 rings (SSSR count). The van der Waals surface area contributed by atoms with Crippen LogP contribution in [-0.4, -0.2) is 43.4 Å². The number of nitrogens with zero attached hydrogens (tertiary/aromatic N) is 2. The van der Waals surface area contributed by atoms with E-state index in [9.17, 15) is 13.6 Å². The Hall–Kier alpha value is -2.27. The number of likely N-dealkylation sites (tertiary alicyclic amines) is 1. The lowest BCUT2D eigenvalue weighted by atomic mass is 9.97. The molecule has 1 fully saturated rings. The number of benzene rings is 2. The molecule has 33 heavy (non-hydrogen) atoms. The van der Waals surface area contributed by atoms with Crippen molar-refractivity contribution in [1.29, 1.82) is 0 Å². The van der Waals surface area contributed by atoms with E-state index >= 15 is 0 Å². The molecule has 2 aromatic carbocycles. The molecule has 1 saturated heterocycles. The van der Waals surface area contributed by atoms with Crippen molar-refractivity contribution < 1.29 is 13.6 Å². The topological polar surface area (TPSA) is 82.8 Å². The Labute approximate surface area is 211 Å². The second-order valence-electron chi connectivity index (χ2n) is 8.13. The van der Waals surface area contributed by atoms with Gasteiger partial charge in [0.2, 0.25) is 5.91 Å². The van der Waals surface area contributed by atoms with Gasteiger partial charge in [0.15, 0.2) is 5.96 Å². The van der Waals surface area contributed by atoms with Crippen LogP contribution in [0.5, 0.6) is 0 Å². The molecule has 0 aromatic heterocycles. The minimum absolute atomic E-state index is 0. The van der Waals surface area contributed by atoms with Crippen molar-refractivity contribution >= 4 is 35.8 Å². The first-order valence-electron chi connectivity index (χ1n) is 10.9. The zero-order chi connectivity index (χ0) is 22.9. The van der Waals surface area contributed by atoms with E-state index in [1.165, 1.54) is 11.6 Å². The molecule has 9 heteroatoms. The Balaban J connectivity index is 0.00000385. The van der Waals surface area contributed by atoms with Gasteiger partial charge >= 0.3 is 0 Å². The summed E-state index contributed by atoms with van der Waals surface area (Å²) in [6, 6.07) is 11.7. The molecule has 0 radical (unpaired) electrons. The third-order valence-electron chi connectivity index (χ3n) is 5.68. The van der Waals surface area contributed by atoms with Gasteiger partial charge in [-0.2, -0.15) is 0 Å². The maximum Gasteiger partial charge on any atom is 0.221 e. The zero-order valence-electron chi connectivity index (χ0n) is 18.8. The van der Waals surface area contributed by atoms with Gasteiger partial charge in [-0.25, -0.2) is 8.78 Å². The first-order chi connectivity index (χ1) is 15.4. The van der Waals surface area contributed by atoms with E-state index in [0.717, 1.165) is 43.6 Å². The first-order valence-corrected chi connectivity index (χ1v) is 10.9. The highest BCUT2D eigenvalue weighted by atomic mass is 127. The van der Waals surface area contributed by atoms with Gasteiger partial charge in [-0.15, -0.1) is 24.0 Å². The molecule has 6 nitrogen and oxygen atoms in total. The fourth-order valence-corrected chi connectivity index (χ4v) is 3.98. The van der Waals surface area contributed by atoms with Crippen molar-refractivity contribution in [2.75, 3.05) is 26.7 Å². The smallest absolute Gasteiger partial charge is 0.221 e. The fourth-order valence-electron chi connectivity index (χ4n) is 3.98. The lowest BCUT2D eigenvalue weighted by molar-refractivity contribution is -0.123. The molecular formula is C24H32F2IN5O. The van der Waals surface area contributed by atoms with E-state index in [4.69, 9.17) is 5.73 Å². The van der Waals surface area contributed by atoms with Crippen LogP contribution in [0.25, 0.3) is 0 Å². The van der Waals surface area contributed by atoms with Crippen LogP contribution in [0.4, 0.5) is 8.78 Å². The molecule has 0 saturated carbocycles. The molecule has 180 valence electrons. The molecule has 0 aliphatic carbocycles. The highest BCUT2D eigenvalue weighted by molar-refractivity contribution is 14.0. The number of halogens is 3. The minimum Gasteiger partial charge on any atom is -0.369 e. The van der Waals surface area contributed by atoms with Crippen molar-refractivity contribution in [3.8, 4) is 0 Å². The van der Waals surface area contributed by atoms with Gasteiger partial charge < -0.3 is 16.4 Å². The number of nitrogens with two attached hydrogens (primary N) is 1. The van der Waals surface area contributed by atoms with Crippen molar-refractivity contribution in [2.24, 2.45) is 16.6 Å². The van der Waals surface area contributed by atoms with Gasteiger partial charge in [0.25, 0.3) is 0 Å². The number of piperidine rings is 1. The van der Waals surface area contributed by atoms with Crippen molar-refractivity contribution in [3.05, 3.63) is 70.8 Å². The number of carbonyl (C=O) groups excluding carboxylic acids is 1. The number of hydrogen-bond acceptors (Lipinski definition) is 3. The van der Waals surface area contributed by atoms with E-state index in [2.05, 4.69) is 32.7 Å². The van der Waals surface area contributed by atoms with E-state index in [1.807, 2.05) is 12.1 Å². The second-order valence-corrected chi connectivity index (χ2v) is 8.13. The molecule has 1 atom stereocenters. The Morgan fingerprint density at radius 1 is 1.18 bits per heavy atom. The van der Waals surface area contributed by atoms with Crippen LogP contribution in [-0.2, 0) is 24.3 Å². The Morgan fingerprint density at radius 3 is 2.73 bits per heavy atom. The maximum absolute atomic E-state index is 13.7. The monoisotopic (exact) mass is 571 g/mol. The number of primary amides is 1. The van der Waals surface area contributed by atoms with Gasteiger partial charge in [-0.05, 0) is 60.7 Å². The lowest BCUT2D eigenvalue weighted by Crippen LogP contribution is -2.40. The van der Waals surface area contributed by atoms with Crippen LogP contribution in [0, 0.1) is 17.6 Å². The van der Waals surface area contributed by atoms with Crippen LogP contribution in [0.3, 0.4) is 0 Å². The predicted octanol–water partition coefficient (Wildman–Crippen LogP) is 3.19. The SMILES string of the molecule is CN=C(NCCc1cc(F)ccc1F)NCc1cccc(CN2CCCC(C(N)=O)C2)c1.I. The quantitative estimate of drug-likeness (QED) is 0.258. The summed E-state index contributed by atoms with van der Waals surface area (Å²) in [6.45, 7) is 3.46. The zero-order valence-corrected chi connectivity index (χ0v) is 21.2. The number of guanidine groups is 1. The molecule has 1 aliphatic heterocycles. The maximum atomic E-state index is 13.7. The van der Waals surface area contributed by atoms with Crippen molar-refractivity contribution in [1.82, 2.24) is 15.5 Å². The number of hydrogen-bond donors (Lipinski definition) is 3. The first kappa shape index (κ1) is 27.0. The summed E-state index contributed by atoms with van der Waals surface area (Å²) in [7, 11) is 1.67. The summed E-state index contributed by atoms with van der Waals surface area (Å²) >= 11 is 0.